The standard InChI is InChI=1S/C24H26N4O/c1-17-8-2-3-12-21(17)28-22-13-7-11-20(22)23(26-28)24(29)25-18-9-6-10-19(16-18)27-14-4-5-15-27/h2-3,6,8-10,12,16H,4-5,7,11,13-15H2,1H3,(H,25,29). The SMILES string of the molecule is Cc1ccccc1-n1nc(C(=O)Nc2cccc(N3CCCC3)c2)c2c1CCC2. The molecule has 1 aliphatic carbocycles. The molecule has 148 valence electrons. The van der Waals surface area contributed by atoms with Gasteiger partial charge in [-0.3, -0.25) is 4.79 Å². The average molecular weight is 386 g/mol. The van der Waals surface area contributed by atoms with Crippen LogP contribution in [0.2, 0.25) is 0 Å². The minimum Gasteiger partial charge on any atom is -0.371 e. The van der Waals surface area contributed by atoms with Crippen LogP contribution in [0.3, 0.4) is 0 Å². The fourth-order valence-corrected chi connectivity index (χ4v) is 4.57. The van der Waals surface area contributed by atoms with Crippen molar-refractivity contribution in [2.75, 3.05) is 23.3 Å². The summed E-state index contributed by atoms with van der Waals surface area (Å²) < 4.78 is 1.98. The summed E-state index contributed by atoms with van der Waals surface area (Å²) in [6.45, 7) is 4.26. The van der Waals surface area contributed by atoms with Crippen LogP contribution in [0.5, 0.6) is 0 Å². The largest absolute Gasteiger partial charge is 0.371 e. The van der Waals surface area contributed by atoms with Crippen molar-refractivity contribution in [1.29, 1.82) is 0 Å². The van der Waals surface area contributed by atoms with Crippen molar-refractivity contribution >= 4 is 17.3 Å². The molecule has 1 amide bonds. The first-order valence-corrected chi connectivity index (χ1v) is 10.5. The minimum absolute atomic E-state index is 0.117. The Bertz CT molecular complexity index is 1060. The van der Waals surface area contributed by atoms with Gasteiger partial charge >= 0.3 is 0 Å². The van der Waals surface area contributed by atoms with Crippen LogP contribution in [-0.2, 0) is 12.8 Å². The lowest BCUT2D eigenvalue weighted by Crippen LogP contribution is -2.18. The molecule has 2 aliphatic rings. The molecule has 1 aromatic heterocycles. The van der Waals surface area contributed by atoms with Crippen molar-refractivity contribution in [3.8, 4) is 5.69 Å². The monoisotopic (exact) mass is 386 g/mol. The molecule has 5 nitrogen and oxygen atoms in total. The maximum absolute atomic E-state index is 13.1. The number of aryl methyl sites for hydroxylation is 1. The van der Waals surface area contributed by atoms with Crippen LogP contribution in [0.15, 0.2) is 48.5 Å². The van der Waals surface area contributed by atoms with Gasteiger partial charge in [-0.2, -0.15) is 5.10 Å². The smallest absolute Gasteiger partial charge is 0.276 e. The third-order valence-corrected chi connectivity index (χ3v) is 6.06. The van der Waals surface area contributed by atoms with Gasteiger partial charge in [-0.05, 0) is 68.9 Å². The summed E-state index contributed by atoms with van der Waals surface area (Å²) in [6.07, 6.45) is 5.42. The number of fused-ring (bicyclic) bond motifs is 1. The van der Waals surface area contributed by atoms with Gasteiger partial charge in [0, 0.05) is 35.7 Å². The third kappa shape index (κ3) is 3.31. The number of benzene rings is 2. The van der Waals surface area contributed by atoms with E-state index in [9.17, 15) is 4.79 Å². The van der Waals surface area contributed by atoms with Crippen LogP contribution in [0.1, 0.15) is 46.6 Å². The number of aromatic nitrogens is 2. The molecule has 5 rings (SSSR count). The van der Waals surface area contributed by atoms with Crippen LogP contribution >= 0.6 is 0 Å². The molecule has 3 aromatic rings. The van der Waals surface area contributed by atoms with Gasteiger partial charge in [0.25, 0.3) is 5.91 Å². The second kappa shape index (κ2) is 7.39. The number of nitrogens with one attached hydrogen (secondary N) is 1. The highest BCUT2D eigenvalue weighted by atomic mass is 16.2. The zero-order chi connectivity index (χ0) is 19.8. The first-order chi connectivity index (χ1) is 14.2. The number of para-hydroxylation sites is 1. The molecule has 2 heterocycles. The normalized spacial score (nSPS) is 15.6. The minimum atomic E-state index is -0.117. The molecule has 1 fully saturated rings. The highest BCUT2D eigenvalue weighted by Crippen LogP contribution is 2.30. The predicted molar refractivity (Wildman–Crippen MR) is 116 cm³/mol. The Hall–Kier alpha value is -3.08. The second-order valence-electron chi connectivity index (χ2n) is 8.02. The molecule has 1 N–H and O–H groups in total. The first-order valence-electron chi connectivity index (χ1n) is 10.5. The molecule has 29 heavy (non-hydrogen) atoms. The second-order valence-corrected chi connectivity index (χ2v) is 8.02. The van der Waals surface area contributed by atoms with Crippen molar-refractivity contribution < 1.29 is 4.79 Å². The first kappa shape index (κ1) is 18.0. The van der Waals surface area contributed by atoms with E-state index in [1.807, 2.05) is 28.9 Å². The Balaban J connectivity index is 1.45. The van der Waals surface area contributed by atoms with Gasteiger partial charge in [0.1, 0.15) is 0 Å². The molecule has 0 atom stereocenters. The van der Waals surface area contributed by atoms with Gasteiger partial charge in [-0.15, -0.1) is 0 Å². The third-order valence-electron chi connectivity index (χ3n) is 6.06. The van der Waals surface area contributed by atoms with Crippen LogP contribution in [0, 0.1) is 6.92 Å². The Kier molecular flexibility index (Phi) is 4.58. The number of hydrogen-bond donors (Lipinski definition) is 1. The van der Waals surface area contributed by atoms with E-state index in [-0.39, 0.29) is 5.91 Å². The number of amides is 1. The van der Waals surface area contributed by atoms with E-state index in [0.29, 0.717) is 5.69 Å². The van der Waals surface area contributed by atoms with Crippen molar-refractivity contribution in [2.45, 2.75) is 39.0 Å². The van der Waals surface area contributed by atoms with Crippen LogP contribution in [0.4, 0.5) is 11.4 Å². The molecule has 5 heteroatoms. The Labute approximate surface area is 171 Å². The van der Waals surface area contributed by atoms with Crippen LogP contribution < -0.4 is 10.2 Å². The lowest BCUT2D eigenvalue weighted by atomic mass is 10.1. The molecule has 0 unspecified atom stereocenters. The summed E-state index contributed by atoms with van der Waals surface area (Å²) in [6, 6.07) is 16.4. The summed E-state index contributed by atoms with van der Waals surface area (Å²) in [4.78, 5) is 15.5. The summed E-state index contributed by atoms with van der Waals surface area (Å²) in [7, 11) is 0. The Morgan fingerprint density at radius 2 is 1.83 bits per heavy atom. The van der Waals surface area contributed by atoms with Gasteiger partial charge in [0.05, 0.1) is 5.69 Å². The number of hydrogen-bond acceptors (Lipinski definition) is 3. The number of carbonyl (C=O) groups excluding carboxylic acids is 1. The van der Waals surface area contributed by atoms with E-state index in [4.69, 9.17) is 5.10 Å². The molecular weight excluding hydrogens is 360 g/mol. The van der Waals surface area contributed by atoms with Crippen molar-refractivity contribution in [3.63, 3.8) is 0 Å². The average Bonchev–Trinajstić information content (AvgIpc) is 3.47. The summed E-state index contributed by atoms with van der Waals surface area (Å²) in [5.41, 5.74) is 7.06. The lowest BCUT2D eigenvalue weighted by molar-refractivity contribution is 0.102. The highest BCUT2D eigenvalue weighted by Gasteiger charge is 2.27. The van der Waals surface area contributed by atoms with Crippen molar-refractivity contribution in [2.24, 2.45) is 0 Å². The highest BCUT2D eigenvalue weighted by molar-refractivity contribution is 6.04. The quantitative estimate of drug-likeness (QED) is 0.717. The predicted octanol–water partition coefficient (Wildman–Crippen LogP) is 4.52. The molecule has 0 spiro atoms. The summed E-state index contributed by atoms with van der Waals surface area (Å²) in [5, 5.41) is 7.84. The fourth-order valence-electron chi connectivity index (χ4n) is 4.57. The van der Waals surface area contributed by atoms with Gasteiger partial charge in [0.15, 0.2) is 5.69 Å². The van der Waals surface area contributed by atoms with E-state index in [1.165, 1.54) is 24.2 Å². The number of rotatable bonds is 4. The zero-order valence-corrected chi connectivity index (χ0v) is 16.8. The summed E-state index contributed by atoms with van der Waals surface area (Å²) in [5.74, 6) is -0.117. The van der Waals surface area contributed by atoms with Crippen molar-refractivity contribution in [1.82, 2.24) is 9.78 Å². The molecule has 0 bridgehead atoms. The van der Waals surface area contributed by atoms with E-state index < -0.39 is 0 Å². The number of anilines is 2. The summed E-state index contributed by atoms with van der Waals surface area (Å²) >= 11 is 0. The van der Waals surface area contributed by atoms with Gasteiger partial charge in [-0.25, -0.2) is 4.68 Å². The molecule has 1 saturated heterocycles. The molecule has 0 saturated carbocycles. The van der Waals surface area contributed by atoms with Crippen LogP contribution in [0.25, 0.3) is 5.69 Å². The fraction of sp³-hybridized carbons (Fsp3) is 0.333. The van der Waals surface area contributed by atoms with Gasteiger partial charge in [0.2, 0.25) is 0 Å². The lowest BCUT2D eigenvalue weighted by Gasteiger charge is -2.18. The molecular formula is C24H26N4O. The van der Waals surface area contributed by atoms with Crippen LogP contribution in [-0.4, -0.2) is 28.8 Å². The molecule has 2 aromatic carbocycles. The number of carbonyl (C=O) groups is 1. The van der Waals surface area contributed by atoms with E-state index in [1.54, 1.807) is 0 Å². The van der Waals surface area contributed by atoms with E-state index in [2.05, 4.69) is 41.4 Å². The zero-order valence-electron chi connectivity index (χ0n) is 16.8. The van der Waals surface area contributed by atoms with E-state index >= 15 is 0 Å². The maximum Gasteiger partial charge on any atom is 0.276 e. The van der Waals surface area contributed by atoms with E-state index in [0.717, 1.165) is 54.9 Å². The van der Waals surface area contributed by atoms with Crippen molar-refractivity contribution in [3.05, 3.63) is 71.0 Å². The molecule has 0 radical (unpaired) electrons. The number of nitrogens with zero attached hydrogens (tertiary/aromatic N) is 3. The Morgan fingerprint density at radius 3 is 2.66 bits per heavy atom. The topological polar surface area (TPSA) is 50.2 Å². The maximum atomic E-state index is 13.1. The van der Waals surface area contributed by atoms with Gasteiger partial charge < -0.3 is 10.2 Å². The Morgan fingerprint density at radius 1 is 1.00 bits per heavy atom. The van der Waals surface area contributed by atoms with Gasteiger partial charge in [-0.1, -0.05) is 24.3 Å². The molecule has 1 aliphatic heterocycles.